The topological polar surface area (TPSA) is 103 Å². The average molecular weight is 357 g/mol. The van der Waals surface area contributed by atoms with Gasteiger partial charge < -0.3 is 20.5 Å². The second kappa shape index (κ2) is 7.52. The van der Waals surface area contributed by atoms with Gasteiger partial charge in [-0.2, -0.15) is 5.10 Å². The van der Waals surface area contributed by atoms with E-state index < -0.39 is 0 Å². The van der Waals surface area contributed by atoms with Gasteiger partial charge >= 0.3 is 0 Å². The monoisotopic (exact) mass is 357 g/mol. The Kier molecular flexibility index (Phi) is 5.17. The molecule has 0 bridgehead atoms. The van der Waals surface area contributed by atoms with Crippen LogP contribution in [-0.2, 0) is 13.6 Å². The van der Waals surface area contributed by atoms with E-state index in [1.807, 2.05) is 7.05 Å². The fraction of sp³-hybridized carbons (Fsp3) is 0.412. The highest BCUT2D eigenvalue weighted by Crippen LogP contribution is 2.27. The Morgan fingerprint density at radius 1 is 1.27 bits per heavy atom. The number of nitro benzene ring substituents is 1. The van der Waals surface area contributed by atoms with Gasteiger partial charge in [-0.3, -0.25) is 14.8 Å². The van der Waals surface area contributed by atoms with Gasteiger partial charge in [-0.15, -0.1) is 0 Å². The van der Waals surface area contributed by atoms with Crippen molar-refractivity contribution in [3.63, 3.8) is 0 Å². The highest BCUT2D eigenvalue weighted by molar-refractivity contribution is 5.91. The van der Waals surface area contributed by atoms with Crippen LogP contribution in [-0.4, -0.2) is 59.0 Å². The van der Waals surface area contributed by atoms with Gasteiger partial charge in [-0.1, -0.05) is 18.2 Å². The van der Waals surface area contributed by atoms with Crippen molar-refractivity contribution in [2.75, 3.05) is 43.4 Å². The van der Waals surface area contributed by atoms with E-state index in [2.05, 4.69) is 27.3 Å². The number of nitrogens with one attached hydrogen (secondary N) is 2. The van der Waals surface area contributed by atoms with Crippen LogP contribution in [0.2, 0.25) is 0 Å². The molecule has 0 spiro atoms. The van der Waals surface area contributed by atoms with Crippen molar-refractivity contribution in [3.05, 3.63) is 45.5 Å². The van der Waals surface area contributed by atoms with Crippen LogP contribution in [0.15, 0.2) is 24.3 Å². The number of aryl methyl sites for hydroxylation is 1. The molecule has 1 fully saturated rings. The molecule has 0 unspecified atom stereocenters. The number of para-hydroxylation sites is 1. The Hall–Kier alpha value is -2.94. The lowest BCUT2D eigenvalue weighted by Crippen LogP contribution is -2.45. The molecular formula is C17H23N7O2. The summed E-state index contributed by atoms with van der Waals surface area (Å²) in [4.78, 5) is 15.2. The van der Waals surface area contributed by atoms with Crippen LogP contribution < -0.4 is 10.2 Å². The van der Waals surface area contributed by atoms with Crippen LogP contribution in [0.5, 0.6) is 0 Å². The van der Waals surface area contributed by atoms with Crippen LogP contribution >= 0.6 is 0 Å². The van der Waals surface area contributed by atoms with E-state index in [9.17, 15) is 10.1 Å². The van der Waals surface area contributed by atoms with E-state index in [0.717, 1.165) is 32.0 Å². The van der Waals surface area contributed by atoms with Crippen LogP contribution in [0, 0.1) is 15.5 Å². The molecule has 1 saturated heterocycles. The number of aromatic nitrogens is 2. The highest BCUT2D eigenvalue weighted by atomic mass is 16.6. The zero-order valence-corrected chi connectivity index (χ0v) is 15.0. The first kappa shape index (κ1) is 17.9. The van der Waals surface area contributed by atoms with Gasteiger partial charge in [0.25, 0.3) is 5.69 Å². The molecule has 0 aliphatic carbocycles. The summed E-state index contributed by atoms with van der Waals surface area (Å²) in [6.07, 6.45) is 1.29. The number of anilines is 2. The maximum Gasteiger partial charge on any atom is 0.274 e. The number of piperazine rings is 1. The lowest BCUT2D eigenvalue weighted by Gasteiger charge is -2.32. The Morgan fingerprint density at radius 3 is 2.62 bits per heavy atom. The Balaban J connectivity index is 1.83. The van der Waals surface area contributed by atoms with Crippen molar-refractivity contribution >= 4 is 23.5 Å². The first-order valence-corrected chi connectivity index (χ1v) is 8.48. The summed E-state index contributed by atoms with van der Waals surface area (Å²) in [6.45, 7) is 3.91. The third kappa shape index (κ3) is 3.52. The quantitative estimate of drug-likeness (QED) is 0.463. The number of nitro groups is 1. The zero-order chi connectivity index (χ0) is 18.7. The molecule has 2 aromatic rings. The molecule has 3 rings (SSSR count). The lowest BCUT2D eigenvalue weighted by atomic mass is 10.2. The lowest BCUT2D eigenvalue weighted by molar-refractivity contribution is -0.385. The molecule has 1 aromatic heterocycles. The summed E-state index contributed by atoms with van der Waals surface area (Å²) in [5.41, 5.74) is 1.38. The van der Waals surface area contributed by atoms with Crippen molar-refractivity contribution in [2.45, 2.75) is 6.54 Å². The molecule has 2 heterocycles. The summed E-state index contributed by atoms with van der Waals surface area (Å²) in [6, 6.07) is 6.65. The maximum absolute atomic E-state index is 11.2. The van der Waals surface area contributed by atoms with E-state index in [-0.39, 0.29) is 10.6 Å². The summed E-state index contributed by atoms with van der Waals surface area (Å²) >= 11 is 0. The van der Waals surface area contributed by atoms with E-state index in [1.54, 1.807) is 22.9 Å². The number of rotatable bonds is 6. The third-order valence-electron chi connectivity index (χ3n) is 4.65. The summed E-state index contributed by atoms with van der Waals surface area (Å²) < 4.78 is 1.70. The van der Waals surface area contributed by atoms with Crippen LogP contribution in [0.3, 0.4) is 0 Å². The Labute approximate surface area is 151 Å². The van der Waals surface area contributed by atoms with Gasteiger partial charge in [-0.05, 0) is 7.05 Å². The summed E-state index contributed by atoms with van der Waals surface area (Å²) in [5.74, 6) is 1.47. The summed E-state index contributed by atoms with van der Waals surface area (Å²) in [7, 11) is 3.90. The molecule has 0 atom stereocenters. The van der Waals surface area contributed by atoms with E-state index in [0.29, 0.717) is 23.5 Å². The van der Waals surface area contributed by atoms with Gasteiger partial charge in [0.2, 0.25) is 0 Å². The van der Waals surface area contributed by atoms with Gasteiger partial charge in [0.15, 0.2) is 5.82 Å². The van der Waals surface area contributed by atoms with Crippen molar-refractivity contribution in [1.82, 2.24) is 14.7 Å². The molecule has 138 valence electrons. The Morgan fingerprint density at radius 2 is 1.96 bits per heavy atom. The number of hydrogen-bond acceptors (Lipinski definition) is 7. The van der Waals surface area contributed by atoms with E-state index in [4.69, 9.17) is 5.41 Å². The number of nitrogens with zero attached hydrogens (tertiary/aromatic N) is 5. The van der Waals surface area contributed by atoms with Gasteiger partial charge in [0.1, 0.15) is 5.82 Å². The molecular weight excluding hydrogens is 334 g/mol. The number of hydrogen-bond donors (Lipinski definition) is 2. The first-order chi connectivity index (χ1) is 12.5. The standard InChI is InChI=1S/C17H23N7O2/c1-21-7-9-23(10-8-21)17-14(11-18)16(22(2)20-17)19-12-13-5-3-4-6-15(13)24(25)26/h3-6,11,18-19H,7-10,12H2,1-2H3. The molecule has 0 radical (unpaired) electrons. The van der Waals surface area contributed by atoms with Crippen molar-refractivity contribution in [2.24, 2.45) is 7.05 Å². The predicted octanol–water partition coefficient (Wildman–Crippen LogP) is 1.69. The minimum absolute atomic E-state index is 0.0814. The largest absolute Gasteiger partial charge is 0.365 e. The fourth-order valence-corrected chi connectivity index (χ4v) is 3.14. The van der Waals surface area contributed by atoms with Gasteiger partial charge in [0, 0.05) is 57.6 Å². The molecule has 1 aromatic carbocycles. The number of benzene rings is 1. The molecule has 9 nitrogen and oxygen atoms in total. The molecule has 0 amide bonds. The van der Waals surface area contributed by atoms with Crippen molar-refractivity contribution < 1.29 is 4.92 Å². The average Bonchev–Trinajstić information content (AvgIpc) is 2.96. The van der Waals surface area contributed by atoms with Gasteiger partial charge in [-0.25, -0.2) is 0 Å². The highest BCUT2D eigenvalue weighted by Gasteiger charge is 2.23. The Bertz CT molecular complexity index is 809. The fourth-order valence-electron chi connectivity index (χ4n) is 3.14. The second-order valence-corrected chi connectivity index (χ2v) is 6.38. The first-order valence-electron chi connectivity index (χ1n) is 8.48. The molecule has 0 saturated carbocycles. The van der Waals surface area contributed by atoms with E-state index >= 15 is 0 Å². The van der Waals surface area contributed by atoms with E-state index in [1.165, 1.54) is 12.3 Å². The zero-order valence-electron chi connectivity index (χ0n) is 15.0. The molecule has 1 aliphatic heterocycles. The minimum atomic E-state index is -0.382. The summed E-state index contributed by atoms with van der Waals surface area (Å²) in [5, 5.41) is 26.8. The van der Waals surface area contributed by atoms with Crippen LogP contribution in [0.25, 0.3) is 0 Å². The van der Waals surface area contributed by atoms with Crippen LogP contribution in [0.4, 0.5) is 17.3 Å². The number of likely N-dealkylation sites (N-methyl/N-ethyl adjacent to an activating group) is 1. The SMILES string of the molecule is CN1CCN(c2nn(C)c(NCc3ccccc3[N+](=O)[O-])c2C=N)CC1. The minimum Gasteiger partial charge on any atom is -0.365 e. The molecule has 9 heteroatoms. The smallest absolute Gasteiger partial charge is 0.274 e. The second-order valence-electron chi connectivity index (χ2n) is 6.38. The van der Waals surface area contributed by atoms with Crippen molar-refractivity contribution in [1.29, 1.82) is 5.41 Å². The molecule has 1 aliphatic rings. The van der Waals surface area contributed by atoms with Gasteiger partial charge in [0.05, 0.1) is 10.5 Å². The predicted molar refractivity (Wildman–Crippen MR) is 101 cm³/mol. The van der Waals surface area contributed by atoms with Crippen molar-refractivity contribution in [3.8, 4) is 0 Å². The maximum atomic E-state index is 11.2. The molecule has 26 heavy (non-hydrogen) atoms. The normalized spacial score (nSPS) is 15.1. The third-order valence-corrected chi connectivity index (χ3v) is 4.65. The molecule has 2 N–H and O–H groups in total. The van der Waals surface area contributed by atoms with Crippen LogP contribution in [0.1, 0.15) is 11.1 Å².